The molecule has 94 valence electrons. The van der Waals surface area contributed by atoms with E-state index in [0.29, 0.717) is 6.54 Å². The average Bonchev–Trinajstić information content (AvgIpc) is 2.45. The van der Waals surface area contributed by atoms with Gasteiger partial charge in [0.15, 0.2) is 0 Å². The zero-order valence-electron chi connectivity index (χ0n) is 10.5. The molecule has 18 heavy (non-hydrogen) atoms. The van der Waals surface area contributed by atoms with Crippen LogP contribution in [0.2, 0.25) is 0 Å². The van der Waals surface area contributed by atoms with Crippen LogP contribution in [-0.4, -0.2) is 6.61 Å². The van der Waals surface area contributed by atoms with Crippen molar-refractivity contribution in [3.8, 4) is 5.75 Å². The van der Waals surface area contributed by atoms with Crippen LogP contribution in [0.25, 0.3) is 0 Å². The zero-order chi connectivity index (χ0) is 12.6. The van der Waals surface area contributed by atoms with Gasteiger partial charge in [0.05, 0.1) is 6.61 Å². The molecule has 0 aliphatic heterocycles. The molecule has 0 aliphatic carbocycles. The molecule has 0 aliphatic rings. The first-order chi connectivity index (χ1) is 8.88. The summed E-state index contributed by atoms with van der Waals surface area (Å²) in [5, 5.41) is 0. The van der Waals surface area contributed by atoms with Crippen molar-refractivity contribution in [3.63, 3.8) is 0 Å². The predicted molar refractivity (Wildman–Crippen MR) is 74.6 cm³/mol. The SMILES string of the molecule is NCc1ccc(OCCCc2ccccc2)cc1. The third-order valence-corrected chi connectivity index (χ3v) is 2.88. The van der Waals surface area contributed by atoms with E-state index in [1.165, 1.54) is 5.56 Å². The molecule has 0 aromatic heterocycles. The fourth-order valence-electron chi connectivity index (χ4n) is 1.83. The van der Waals surface area contributed by atoms with Crippen molar-refractivity contribution in [2.24, 2.45) is 5.73 Å². The van der Waals surface area contributed by atoms with Gasteiger partial charge in [-0.3, -0.25) is 0 Å². The van der Waals surface area contributed by atoms with Gasteiger partial charge in [0.2, 0.25) is 0 Å². The normalized spacial score (nSPS) is 10.3. The molecular formula is C16H19NO. The second kappa shape index (κ2) is 6.82. The van der Waals surface area contributed by atoms with Crippen LogP contribution in [0.4, 0.5) is 0 Å². The molecule has 2 heteroatoms. The second-order valence-electron chi connectivity index (χ2n) is 4.29. The first-order valence-corrected chi connectivity index (χ1v) is 6.34. The Hall–Kier alpha value is -1.80. The summed E-state index contributed by atoms with van der Waals surface area (Å²) >= 11 is 0. The fourth-order valence-corrected chi connectivity index (χ4v) is 1.83. The Bertz CT molecular complexity index is 450. The lowest BCUT2D eigenvalue weighted by molar-refractivity contribution is 0.311. The van der Waals surface area contributed by atoms with Crippen molar-refractivity contribution >= 4 is 0 Å². The van der Waals surface area contributed by atoms with E-state index in [2.05, 4.69) is 24.3 Å². The third-order valence-electron chi connectivity index (χ3n) is 2.88. The number of ether oxygens (including phenoxy) is 1. The predicted octanol–water partition coefficient (Wildman–Crippen LogP) is 3.16. The summed E-state index contributed by atoms with van der Waals surface area (Å²) in [5.41, 5.74) is 8.04. The molecule has 0 amide bonds. The van der Waals surface area contributed by atoms with E-state index in [1.54, 1.807) is 0 Å². The highest BCUT2D eigenvalue weighted by Crippen LogP contribution is 2.12. The first kappa shape index (κ1) is 12.7. The summed E-state index contributed by atoms with van der Waals surface area (Å²) < 4.78 is 5.69. The molecular weight excluding hydrogens is 222 g/mol. The van der Waals surface area contributed by atoms with Crippen LogP contribution in [0.1, 0.15) is 17.5 Å². The number of benzene rings is 2. The van der Waals surface area contributed by atoms with Gasteiger partial charge in [0.1, 0.15) is 5.75 Å². The number of hydrogen-bond acceptors (Lipinski definition) is 2. The largest absolute Gasteiger partial charge is 0.494 e. The van der Waals surface area contributed by atoms with E-state index in [0.717, 1.165) is 30.8 Å². The van der Waals surface area contributed by atoms with E-state index in [1.807, 2.05) is 30.3 Å². The number of rotatable bonds is 6. The lowest BCUT2D eigenvalue weighted by atomic mass is 10.1. The maximum atomic E-state index is 5.69. The minimum Gasteiger partial charge on any atom is -0.494 e. The van der Waals surface area contributed by atoms with Crippen LogP contribution in [0.5, 0.6) is 5.75 Å². The third kappa shape index (κ3) is 3.90. The first-order valence-electron chi connectivity index (χ1n) is 6.34. The number of nitrogens with two attached hydrogens (primary N) is 1. The van der Waals surface area contributed by atoms with Crippen LogP contribution < -0.4 is 10.5 Å². The van der Waals surface area contributed by atoms with Gasteiger partial charge >= 0.3 is 0 Å². The van der Waals surface area contributed by atoms with E-state index in [9.17, 15) is 0 Å². The van der Waals surface area contributed by atoms with Crippen molar-refractivity contribution in [3.05, 3.63) is 65.7 Å². The topological polar surface area (TPSA) is 35.2 Å². The van der Waals surface area contributed by atoms with Crippen LogP contribution in [-0.2, 0) is 13.0 Å². The lowest BCUT2D eigenvalue weighted by Gasteiger charge is -2.06. The van der Waals surface area contributed by atoms with Crippen LogP contribution >= 0.6 is 0 Å². The molecule has 0 saturated carbocycles. The highest BCUT2D eigenvalue weighted by molar-refractivity contribution is 5.27. The molecule has 0 unspecified atom stereocenters. The molecule has 2 rings (SSSR count). The number of hydrogen-bond donors (Lipinski definition) is 1. The Morgan fingerprint density at radius 3 is 2.22 bits per heavy atom. The standard InChI is InChI=1S/C16H19NO/c17-13-15-8-10-16(11-9-15)18-12-4-7-14-5-2-1-3-6-14/h1-3,5-6,8-11H,4,7,12-13,17H2. The van der Waals surface area contributed by atoms with Gasteiger partial charge in [-0.15, -0.1) is 0 Å². The summed E-state index contributed by atoms with van der Waals surface area (Å²) in [6, 6.07) is 18.4. The van der Waals surface area contributed by atoms with Crippen LogP contribution in [0.3, 0.4) is 0 Å². The maximum Gasteiger partial charge on any atom is 0.119 e. The molecule has 2 N–H and O–H groups in total. The van der Waals surface area contributed by atoms with Gasteiger partial charge in [0.25, 0.3) is 0 Å². The summed E-state index contributed by atoms with van der Waals surface area (Å²) in [7, 11) is 0. The molecule has 0 spiro atoms. The second-order valence-corrected chi connectivity index (χ2v) is 4.29. The Morgan fingerprint density at radius 1 is 0.833 bits per heavy atom. The Morgan fingerprint density at radius 2 is 1.56 bits per heavy atom. The molecule has 0 saturated heterocycles. The van der Waals surface area contributed by atoms with Gasteiger partial charge in [0, 0.05) is 6.54 Å². The highest BCUT2D eigenvalue weighted by atomic mass is 16.5. The maximum absolute atomic E-state index is 5.69. The van der Waals surface area contributed by atoms with Crippen molar-refractivity contribution in [1.29, 1.82) is 0 Å². The summed E-state index contributed by atoms with van der Waals surface area (Å²) in [6.07, 6.45) is 2.09. The van der Waals surface area contributed by atoms with E-state index < -0.39 is 0 Å². The Balaban J connectivity index is 1.72. The quantitative estimate of drug-likeness (QED) is 0.788. The summed E-state index contributed by atoms with van der Waals surface area (Å²) in [5.74, 6) is 0.917. The van der Waals surface area contributed by atoms with Crippen molar-refractivity contribution < 1.29 is 4.74 Å². The minimum absolute atomic E-state index is 0.578. The van der Waals surface area contributed by atoms with Crippen molar-refractivity contribution in [2.45, 2.75) is 19.4 Å². The van der Waals surface area contributed by atoms with Gasteiger partial charge in [-0.25, -0.2) is 0 Å². The molecule has 0 atom stereocenters. The molecule has 0 bridgehead atoms. The van der Waals surface area contributed by atoms with Gasteiger partial charge in [-0.05, 0) is 36.1 Å². The molecule has 2 nitrogen and oxygen atoms in total. The summed E-state index contributed by atoms with van der Waals surface area (Å²) in [4.78, 5) is 0. The van der Waals surface area contributed by atoms with Crippen LogP contribution in [0.15, 0.2) is 54.6 Å². The van der Waals surface area contributed by atoms with Gasteiger partial charge < -0.3 is 10.5 Å². The van der Waals surface area contributed by atoms with E-state index >= 15 is 0 Å². The smallest absolute Gasteiger partial charge is 0.119 e. The van der Waals surface area contributed by atoms with Gasteiger partial charge in [-0.2, -0.15) is 0 Å². The van der Waals surface area contributed by atoms with Crippen LogP contribution in [0, 0.1) is 0 Å². The zero-order valence-corrected chi connectivity index (χ0v) is 10.5. The molecule has 0 heterocycles. The van der Waals surface area contributed by atoms with E-state index in [4.69, 9.17) is 10.5 Å². The lowest BCUT2D eigenvalue weighted by Crippen LogP contribution is -2.00. The van der Waals surface area contributed by atoms with E-state index in [-0.39, 0.29) is 0 Å². The number of aryl methyl sites for hydroxylation is 1. The summed E-state index contributed by atoms with van der Waals surface area (Å²) in [6.45, 7) is 1.32. The Labute approximate surface area is 108 Å². The molecule has 0 fully saturated rings. The highest BCUT2D eigenvalue weighted by Gasteiger charge is 1.95. The Kier molecular flexibility index (Phi) is 4.79. The molecule has 2 aromatic carbocycles. The van der Waals surface area contributed by atoms with Crippen molar-refractivity contribution in [2.75, 3.05) is 6.61 Å². The fraction of sp³-hybridized carbons (Fsp3) is 0.250. The average molecular weight is 241 g/mol. The minimum atomic E-state index is 0.578. The van der Waals surface area contributed by atoms with Gasteiger partial charge in [-0.1, -0.05) is 42.5 Å². The van der Waals surface area contributed by atoms with Crippen molar-refractivity contribution in [1.82, 2.24) is 0 Å². The molecule has 2 aromatic rings. The monoisotopic (exact) mass is 241 g/mol. The molecule has 0 radical (unpaired) electrons.